The van der Waals surface area contributed by atoms with Crippen molar-refractivity contribution in [2.45, 2.75) is 6.10 Å². The van der Waals surface area contributed by atoms with Crippen LogP contribution >= 0.6 is 11.6 Å². The van der Waals surface area contributed by atoms with Crippen molar-refractivity contribution in [2.75, 3.05) is 25.6 Å². The minimum atomic E-state index is 0.0972. The summed E-state index contributed by atoms with van der Waals surface area (Å²) in [6, 6.07) is 0. The maximum Gasteiger partial charge on any atom is 0.0944 e. The molecule has 0 aliphatic carbocycles. The average Bonchev–Trinajstić information content (AvgIpc) is 2.70. The van der Waals surface area contributed by atoms with Crippen molar-refractivity contribution in [3.05, 3.63) is 0 Å². The smallest absolute Gasteiger partial charge is 0.0944 e. The Hall–Kier alpha value is 0.170. The van der Waals surface area contributed by atoms with E-state index in [-0.39, 0.29) is 6.61 Å². The van der Waals surface area contributed by atoms with Gasteiger partial charge in [-0.3, -0.25) is 0 Å². The van der Waals surface area contributed by atoms with Gasteiger partial charge in [0.1, 0.15) is 0 Å². The summed E-state index contributed by atoms with van der Waals surface area (Å²) in [5.41, 5.74) is 4.78. The van der Waals surface area contributed by atoms with Gasteiger partial charge in [-0.25, -0.2) is 0 Å². The van der Waals surface area contributed by atoms with E-state index in [4.69, 9.17) is 27.2 Å². The highest BCUT2D eigenvalue weighted by Crippen LogP contribution is 2.08. The Morgan fingerprint density at radius 3 is 2.22 bits per heavy atom. The van der Waals surface area contributed by atoms with Gasteiger partial charge < -0.3 is 15.6 Å². The summed E-state index contributed by atoms with van der Waals surface area (Å²) in [6.45, 7) is 1.35. The standard InChI is InChI=1S/C3H5ClO.C2H7NO/c4-1-3-2-5-3;3-1-2-4/h3H,1-2H2;4H,1-3H2. The molecule has 3 nitrogen and oxygen atoms in total. The van der Waals surface area contributed by atoms with Gasteiger partial charge in [-0.1, -0.05) is 0 Å². The first-order chi connectivity index (χ1) is 4.35. The number of nitrogens with two attached hydrogens (primary N) is 1. The fourth-order valence-electron chi connectivity index (χ4n) is 0.157. The van der Waals surface area contributed by atoms with Crippen molar-refractivity contribution >= 4 is 11.6 Å². The second-order valence-corrected chi connectivity index (χ2v) is 1.93. The van der Waals surface area contributed by atoms with E-state index < -0.39 is 0 Å². The lowest BCUT2D eigenvalue weighted by Gasteiger charge is -1.71. The largest absolute Gasteiger partial charge is 0.395 e. The normalized spacial score (nSPS) is 22.3. The Morgan fingerprint density at radius 2 is 2.22 bits per heavy atom. The van der Waals surface area contributed by atoms with Crippen LogP contribution in [0.2, 0.25) is 0 Å². The van der Waals surface area contributed by atoms with Crippen LogP contribution in [0.25, 0.3) is 0 Å². The molecule has 0 saturated carbocycles. The predicted molar refractivity (Wildman–Crippen MR) is 36.6 cm³/mol. The average molecular weight is 154 g/mol. The van der Waals surface area contributed by atoms with Crippen LogP contribution in [0.5, 0.6) is 0 Å². The molecule has 3 N–H and O–H groups in total. The van der Waals surface area contributed by atoms with Gasteiger partial charge in [-0.05, 0) is 0 Å². The first kappa shape index (κ1) is 9.17. The van der Waals surface area contributed by atoms with E-state index in [1.165, 1.54) is 0 Å². The van der Waals surface area contributed by atoms with E-state index in [1.54, 1.807) is 0 Å². The fourth-order valence-corrected chi connectivity index (χ4v) is 0.335. The molecule has 1 fully saturated rings. The SMILES string of the molecule is ClCC1CO1.NCCO. The zero-order chi connectivity index (χ0) is 7.11. The Morgan fingerprint density at radius 1 is 1.78 bits per heavy atom. The van der Waals surface area contributed by atoms with E-state index >= 15 is 0 Å². The lowest BCUT2D eigenvalue weighted by atomic mass is 10.6. The minimum absolute atomic E-state index is 0.0972. The molecule has 0 spiro atoms. The summed E-state index contributed by atoms with van der Waals surface area (Å²) in [4.78, 5) is 0. The van der Waals surface area contributed by atoms with E-state index in [0.29, 0.717) is 18.5 Å². The molecular weight excluding hydrogens is 142 g/mol. The van der Waals surface area contributed by atoms with Crippen molar-refractivity contribution in [1.29, 1.82) is 0 Å². The molecule has 4 heteroatoms. The monoisotopic (exact) mass is 153 g/mol. The van der Waals surface area contributed by atoms with Crippen LogP contribution in [0.3, 0.4) is 0 Å². The second kappa shape index (κ2) is 6.29. The van der Waals surface area contributed by atoms with Crippen LogP contribution in [0.1, 0.15) is 0 Å². The zero-order valence-electron chi connectivity index (χ0n) is 5.22. The lowest BCUT2D eigenvalue weighted by Crippen LogP contribution is -2.02. The first-order valence-corrected chi connectivity index (χ1v) is 3.37. The van der Waals surface area contributed by atoms with Gasteiger partial charge in [-0.2, -0.15) is 0 Å². The molecule has 1 heterocycles. The van der Waals surface area contributed by atoms with Gasteiger partial charge in [0.25, 0.3) is 0 Å². The van der Waals surface area contributed by atoms with Crippen molar-refractivity contribution in [1.82, 2.24) is 0 Å². The Bertz CT molecular complexity index is 56.9. The molecule has 1 unspecified atom stereocenters. The maximum absolute atomic E-state index is 7.75. The van der Waals surface area contributed by atoms with Crippen molar-refractivity contribution in [3.8, 4) is 0 Å². The molecule has 0 aromatic carbocycles. The van der Waals surface area contributed by atoms with Crippen LogP contribution in [0.4, 0.5) is 0 Å². The molecule has 1 saturated heterocycles. The van der Waals surface area contributed by atoms with Crippen LogP contribution in [0.15, 0.2) is 0 Å². The third-order valence-electron chi connectivity index (χ3n) is 0.704. The molecule has 1 aliphatic rings. The molecule has 0 radical (unpaired) electrons. The van der Waals surface area contributed by atoms with E-state index in [1.807, 2.05) is 0 Å². The molecule has 0 amide bonds. The molecule has 0 aromatic rings. The number of alkyl halides is 1. The molecular formula is C5H12ClNO2. The molecule has 0 bridgehead atoms. The van der Waals surface area contributed by atoms with E-state index in [9.17, 15) is 0 Å². The highest BCUT2D eigenvalue weighted by molar-refractivity contribution is 6.18. The lowest BCUT2D eigenvalue weighted by molar-refractivity contribution is 0.306. The quantitative estimate of drug-likeness (QED) is 0.418. The molecule has 1 atom stereocenters. The maximum atomic E-state index is 7.75. The van der Waals surface area contributed by atoms with Crippen LogP contribution < -0.4 is 5.73 Å². The van der Waals surface area contributed by atoms with E-state index in [0.717, 1.165) is 6.61 Å². The second-order valence-electron chi connectivity index (χ2n) is 1.62. The summed E-state index contributed by atoms with van der Waals surface area (Å²) in [7, 11) is 0. The first-order valence-electron chi connectivity index (χ1n) is 2.83. The number of rotatable bonds is 2. The number of aliphatic hydroxyl groups excluding tert-OH is 1. The van der Waals surface area contributed by atoms with Gasteiger partial charge in [0, 0.05) is 6.54 Å². The summed E-state index contributed by atoms with van der Waals surface area (Å²) < 4.78 is 4.73. The van der Waals surface area contributed by atoms with Gasteiger partial charge in [-0.15, -0.1) is 11.6 Å². The fraction of sp³-hybridized carbons (Fsp3) is 1.00. The van der Waals surface area contributed by atoms with Gasteiger partial charge >= 0.3 is 0 Å². The number of aliphatic hydroxyl groups is 1. The molecule has 1 rings (SSSR count). The van der Waals surface area contributed by atoms with E-state index in [2.05, 4.69) is 0 Å². The summed E-state index contributed by atoms with van der Waals surface area (Å²) >= 11 is 5.27. The van der Waals surface area contributed by atoms with Crippen LogP contribution in [-0.2, 0) is 4.74 Å². The van der Waals surface area contributed by atoms with Crippen molar-refractivity contribution < 1.29 is 9.84 Å². The van der Waals surface area contributed by atoms with Crippen molar-refractivity contribution in [2.24, 2.45) is 5.73 Å². The summed E-state index contributed by atoms with van der Waals surface area (Å²) in [5.74, 6) is 0.667. The zero-order valence-corrected chi connectivity index (χ0v) is 5.97. The van der Waals surface area contributed by atoms with Gasteiger partial charge in [0.15, 0.2) is 0 Å². The van der Waals surface area contributed by atoms with Crippen LogP contribution in [0, 0.1) is 0 Å². The molecule has 56 valence electrons. The highest BCUT2D eigenvalue weighted by atomic mass is 35.5. The number of epoxide rings is 1. The number of hydrogen-bond acceptors (Lipinski definition) is 3. The molecule has 9 heavy (non-hydrogen) atoms. The predicted octanol–water partition coefficient (Wildman–Crippen LogP) is -0.439. The van der Waals surface area contributed by atoms with Crippen LogP contribution in [-0.4, -0.2) is 36.8 Å². The number of hydrogen-bond donors (Lipinski definition) is 2. The number of halogens is 1. The van der Waals surface area contributed by atoms with Crippen molar-refractivity contribution in [3.63, 3.8) is 0 Å². The summed E-state index contributed by atoms with van der Waals surface area (Å²) in [6.07, 6.45) is 0.400. The topological polar surface area (TPSA) is 58.8 Å². The Balaban J connectivity index is 0.000000148. The Labute approximate surface area is 59.7 Å². The minimum Gasteiger partial charge on any atom is -0.395 e. The third kappa shape index (κ3) is 8.17. The third-order valence-corrected chi connectivity index (χ3v) is 1.05. The number of ether oxygens (including phenoxy) is 1. The Kier molecular flexibility index (Phi) is 6.41. The molecule has 0 aromatic heterocycles. The van der Waals surface area contributed by atoms with Gasteiger partial charge in [0.05, 0.1) is 25.2 Å². The molecule has 1 aliphatic heterocycles. The highest BCUT2D eigenvalue weighted by Gasteiger charge is 2.19. The van der Waals surface area contributed by atoms with Gasteiger partial charge in [0.2, 0.25) is 0 Å². The summed E-state index contributed by atoms with van der Waals surface area (Å²) in [5, 5.41) is 7.75.